The van der Waals surface area contributed by atoms with E-state index in [0.29, 0.717) is 6.54 Å². The molecule has 0 spiro atoms. The van der Waals surface area contributed by atoms with Gasteiger partial charge in [-0.05, 0) is 86.1 Å². The number of hydrogen-bond acceptors (Lipinski definition) is 3. The van der Waals surface area contributed by atoms with Crippen molar-refractivity contribution in [3.05, 3.63) is 94.8 Å². The van der Waals surface area contributed by atoms with Gasteiger partial charge in [0.05, 0.1) is 6.42 Å². The molecule has 2 heterocycles. The zero-order valence-corrected chi connectivity index (χ0v) is 20.2. The number of nitrogens with one attached hydrogen (secondary N) is 1. The van der Waals surface area contributed by atoms with Crippen LogP contribution < -0.4 is 10.2 Å². The minimum atomic E-state index is -0.0106. The highest BCUT2D eigenvalue weighted by atomic mass is 16.2. The monoisotopic (exact) mass is 465 g/mol. The van der Waals surface area contributed by atoms with Crippen LogP contribution in [0.3, 0.4) is 0 Å². The molecule has 0 saturated carbocycles. The van der Waals surface area contributed by atoms with Crippen LogP contribution in [0, 0.1) is 6.92 Å². The number of rotatable bonds is 5. The van der Waals surface area contributed by atoms with Gasteiger partial charge in [0.2, 0.25) is 5.91 Å². The van der Waals surface area contributed by atoms with Crippen LogP contribution >= 0.6 is 0 Å². The Kier molecular flexibility index (Phi) is 6.75. The fourth-order valence-electron chi connectivity index (χ4n) is 5.10. The van der Waals surface area contributed by atoms with Crippen LogP contribution in [-0.2, 0) is 22.4 Å². The van der Waals surface area contributed by atoms with E-state index in [9.17, 15) is 9.59 Å². The zero-order valence-electron chi connectivity index (χ0n) is 20.2. The Morgan fingerprint density at radius 2 is 1.77 bits per heavy atom. The summed E-state index contributed by atoms with van der Waals surface area (Å²) in [6.07, 6.45) is 7.81. The molecule has 35 heavy (non-hydrogen) atoms. The van der Waals surface area contributed by atoms with Gasteiger partial charge in [0.25, 0.3) is 5.91 Å². The van der Waals surface area contributed by atoms with Crippen molar-refractivity contribution in [2.75, 3.05) is 16.8 Å². The summed E-state index contributed by atoms with van der Waals surface area (Å²) in [6.45, 7) is 2.74. The Balaban J connectivity index is 1.33. The summed E-state index contributed by atoms with van der Waals surface area (Å²) in [5.41, 5.74) is 8.03. The predicted octanol–water partition coefficient (Wildman–Crippen LogP) is 5.88. The number of nitrogens with zero attached hydrogens (tertiary/aromatic N) is 2. The molecule has 5 nitrogen and oxygen atoms in total. The first-order valence-corrected chi connectivity index (χ1v) is 12.5. The lowest BCUT2D eigenvalue weighted by Gasteiger charge is -2.18. The molecule has 1 aromatic heterocycles. The average molecular weight is 466 g/mol. The maximum atomic E-state index is 13.4. The normalized spacial score (nSPS) is 15.5. The zero-order chi connectivity index (χ0) is 24.2. The van der Waals surface area contributed by atoms with Gasteiger partial charge in [0, 0.05) is 35.4 Å². The summed E-state index contributed by atoms with van der Waals surface area (Å²) in [6, 6.07) is 20.0. The molecular weight excluding hydrogens is 434 g/mol. The third kappa shape index (κ3) is 5.19. The van der Waals surface area contributed by atoms with E-state index in [2.05, 4.69) is 41.5 Å². The quantitative estimate of drug-likeness (QED) is 0.512. The van der Waals surface area contributed by atoms with Crippen molar-refractivity contribution in [1.29, 1.82) is 0 Å². The number of fused-ring (bicyclic) bond motifs is 1. The highest BCUT2D eigenvalue weighted by Crippen LogP contribution is 2.34. The van der Waals surface area contributed by atoms with Crippen LogP contribution in [0.25, 0.3) is 5.57 Å². The lowest BCUT2D eigenvalue weighted by atomic mass is 9.94. The summed E-state index contributed by atoms with van der Waals surface area (Å²) in [7, 11) is 0. The summed E-state index contributed by atoms with van der Waals surface area (Å²) >= 11 is 0. The molecule has 1 aliphatic heterocycles. The minimum Gasteiger partial charge on any atom is -0.322 e. The van der Waals surface area contributed by atoms with Crippen LogP contribution in [0.1, 0.15) is 54.5 Å². The van der Waals surface area contributed by atoms with Crippen molar-refractivity contribution < 1.29 is 9.59 Å². The van der Waals surface area contributed by atoms with Gasteiger partial charge >= 0.3 is 0 Å². The van der Waals surface area contributed by atoms with Crippen molar-refractivity contribution in [2.45, 2.75) is 51.9 Å². The Hall–Kier alpha value is -3.73. The number of carbonyl (C=O) groups is 2. The fraction of sp³-hybridized carbons (Fsp3) is 0.300. The molecule has 0 atom stereocenters. The summed E-state index contributed by atoms with van der Waals surface area (Å²) in [5.74, 6) is 0.0362. The van der Waals surface area contributed by atoms with Crippen LogP contribution in [0.2, 0.25) is 0 Å². The molecule has 0 bridgehead atoms. The summed E-state index contributed by atoms with van der Waals surface area (Å²) in [5, 5.41) is 3.15. The number of benzene rings is 2. The van der Waals surface area contributed by atoms with Gasteiger partial charge in [0.15, 0.2) is 0 Å². The van der Waals surface area contributed by atoms with Crippen LogP contribution in [0.15, 0.2) is 72.4 Å². The van der Waals surface area contributed by atoms with Gasteiger partial charge in [-0.15, -0.1) is 0 Å². The molecular formula is C30H31N3O2. The van der Waals surface area contributed by atoms with Crippen molar-refractivity contribution in [2.24, 2.45) is 0 Å². The van der Waals surface area contributed by atoms with Gasteiger partial charge in [-0.3, -0.25) is 14.6 Å². The van der Waals surface area contributed by atoms with Crippen LogP contribution in [-0.4, -0.2) is 23.3 Å². The minimum absolute atomic E-state index is 0.0106. The molecule has 0 fully saturated rings. The Morgan fingerprint density at radius 1 is 0.943 bits per heavy atom. The van der Waals surface area contributed by atoms with Crippen molar-refractivity contribution >= 4 is 28.8 Å². The molecule has 178 valence electrons. The van der Waals surface area contributed by atoms with E-state index in [4.69, 9.17) is 0 Å². The van der Waals surface area contributed by atoms with Gasteiger partial charge in [-0.1, -0.05) is 42.3 Å². The highest BCUT2D eigenvalue weighted by molar-refractivity contribution is 6.09. The Morgan fingerprint density at radius 3 is 2.57 bits per heavy atom. The van der Waals surface area contributed by atoms with E-state index in [1.54, 1.807) is 6.20 Å². The molecule has 2 aliphatic rings. The van der Waals surface area contributed by atoms with Gasteiger partial charge in [-0.2, -0.15) is 0 Å². The van der Waals surface area contributed by atoms with Crippen LogP contribution in [0.4, 0.5) is 11.4 Å². The maximum absolute atomic E-state index is 13.4. The number of anilines is 2. The Labute approximate surface area is 206 Å². The number of aromatic nitrogens is 1. The van der Waals surface area contributed by atoms with Crippen molar-refractivity contribution in [3.8, 4) is 0 Å². The molecule has 1 aliphatic carbocycles. The van der Waals surface area contributed by atoms with E-state index in [1.807, 2.05) is 41.3 Å². The number of allylic oxidation sites excluding steroid dienone is 1. The number of aryl methyl sites for hydroxylation is 1. The molecule has 1 N–H and O–H groups in total. The molecule has 2 aromatic carbocycles. The number of hydrogen-bond donors (Lipinski definition) is 1. The molecule has 0 radical (unpaired) electrons. The first-order chi connectivity index (χ1) is 17.1. The lowest BCUT2D eigenvalue weighted by molar-refractivity contribution is -0.118. The second-order valence-corrected chi connectivity index (χ2v) is 9.47. The average Bonchev–Trinajstić information content (AvgIpc) is 3.13. The van der Waals surface area contributed by atoms with E-state index in [-0.39, 0.29) is 18.2 Å². The first kappa shape index (κ1) is 23.0. The molecule has 5 heteroatoms. The number of amides is 2. The highest BCUT2D eigenvalue weighted by Gasteiger charge is 2.26. The number of pyridine rings is 1. The smallest absolute Gasteiger partial charge is 0.251 e. The van der Waals surface area contributed by atoms with Gasteiger partial charge in [-0.25, -0.2) is 0 Å². The van der Waals surface area contributed by atoms with E-state index >= 15 is 0 Å². The Bertz CT molecular complexity index is 1260. The topological polar surface area (TPSA) is 62.3 Å². The SMILES string of the molecule is Cc1ccc(C2=C(C(=O)Nc3ccc4c(c3)CCN4C(=O)Cc3ccccn3)CCCCC2)cc1. The maximum Gasteiger partial charge on any atom is 0.251 e. The third-order valence-corrected chi connectivity index (χ3v) is 6.98. The van der Waals surface area contributed by atoms with E-state index in [0.717, 1.165) is 72.3 Å². The summed E-state index contributed by atoms with van der Waals surface area (Å²) < 4.78 is 0. The first-order valence-electron chi connectivity index (χ1n) is 12.5. The number of carbonyl (C=O) groups excluding carboxylic acids is 2. The van der Waals surface area contributed by atoms with Gasteiger partial charge in [0.1, 0.15) is 0 Å². The summed E-state index contributed by atoms with van der Waals surface area (Å²) in [4.78, 5) is 32.4. The van der Waals surface area contributed by atoms with Crippen molar-refractivity contribution in [3.63, 3.8) is 0 Å². The molecule has 5 rings (SSSR count). The van der Waals surface area contributed by atoms with Crippen molar-refractivity contribution in [1.82, 2.24) is 4.98 Å². The lowest BCUT2D eigenvalue weighted by Crippen LogP contribution is -2.30. The third-order valence-electron chi connectivity index (χ3n) is 6.98. The molecule has 0 unspecified atom stereocenters. The van der Waals surface area contributed by atoms with Crippen LogP contribution in [0.5, 0.6) is 0 Å². The van der Waals surface area contributed by atoms with E-state index < -0.39 is 0 Å². The van der Waals surface area contributed by atoms with Gasteiger partial charge < -0.3 is 10.2 Å². The molecule has 2 amide bonds. The largest absolute Gasteiger partial charge is 0.322 e. The fourth-order valence-corrected chi connectivity index (χ4v) is 5.10. The predicted molar refractivity (Wildman–Crippen MR) is 140 cm³/mol. The van der Waals surface area contributed by atoms with E-state index in [1.165, 1.54) is 11.1 Å². The molecule has 0 saturated heterocycles. The standard InChI is InChI=1S/C30H31N3O2/c1-21-10-12-22(13-11-21)26-8-3-2-4-9-27(26)30(35)32-25-14-15-28-23(19-25)16-18-33(28)29(34)20-24-7-5-6-17-31-24/h5-7,10-15,17,19H,2-4,8-9,16,18,20H2,1H3,(H,32,35). The molecule has 3 aromatic rings. The second kappa shape index (κ2) is 10.3. The second-order valence-electron chi connectivity index (χ2n) is 9.47.